The fraction of sp³-hybridized carbons (Fsp3) is 0.896. The molecular formula is C67H131N2O6P. The zero-order chi connectivity index (χ0) is 55.6. The second-order valence-corrected chi connectivity index (χ2v) is 25.6. The predicted molar refractivity (Wildman–Crippen MR) is 330 cm³/mol. The number of aliphatic hydroxyl groups excluding tert-OH is 1. The summed E-state index contributed by atoms with van der Waals surface area (Å²) in [6.45, 7) is 4.69. The summed E-state index contributed by atoms with van der Waals surface area (Å²) in [6.07, 6.45) is 76.8. The molecule has 0 aliphatic carbocycles. The van der Waals surface area contributed by atoms with E-state index in [-0.39, 0.29) is 19.1 Å². The average Bonchev–Trinajstić information content (AvgIpc) is 3.38. The average molecular weight is 1090 g/mol. The molecule has 8 nitrogen and oxygen atoms in total. The second-order valence-electron chi connectivity index (χ2n) is 24.2. The van der Waals surface area contributed by atoms with Gasteiger partial charge in [-0.2, -0.15) is 0 Å². The molecule has 0 aliphatic rings. The van der Waals surface area contributed by atoms with Crippen LogP contribution < -0.4 is 10.2 Å². The van der Waals surface area contributed by atoms with Gasteiger partial charge in [-0.3, -0.25) is 9.36 Å². The van der Waals surface area contributed by atoms with E-state index in [2.05, 4.69) is 43.5 Å². The van der Waals surface area contributed by atoms with Gasteiger partial charge in [0.1, 0.15) is 13.2 Å². The van der Waals surface area contributed by atoms with Crippen molar-refractivity contribution < 1.29 is 32.9 Å². The van der Waals surface area contributed by atoms with Crippen molar-refractivity contribution in [2.45, 2.75) is 347 Å². The Morgan fingerprint density at radius 3 is 1.09 bits per heavy atom. The maximum atomic E-state index is 13.0. The summed E-state index contributed by atoms with van der Waals surface area (Å²) >= 11 is 0. The molecular weight excluding hydrogens is 960 g/mol. The van der Waals surface area contributed by atoms with Crippen molar-refractivity contribution >= 4 is 13.7 Å². The summed E-state index contributed by atoms with van der Waals surface area (Å²) < 4.78 is 23.4. The molecule has 0 aliphatic heterocycles. The quantitative estimate of drug-likeness (QED) is 0.0272. The van der Waals surface area contributed by atoms with E-state index in [1.54, 1.807) is 6.08 Å². The molecule has 0 aromatic carbocycles. The molecule has 0 saturated heterocycles. The standard InChI is InChI=1S/C67H131N2O6P/c1-6-8-10-12-14-16-18-20-22-24-26-28-30-32-33-34-35-37-39-41-43-45-47-49-51-53-55-57-59-61-67(71)68-65(64-75-76(72,73)74-63-62-69(3,4)5)66(70)60-58-56-54-52-50-48-46-44-42-40-38-36-31-29-27-25-23-21-19-17-15-13-11-9-7-2/h18,20,24,26,58,60,65-66,70H,6-17,19,21-23,25,27-57,59,61-64H2,1-5H3,(H-,68,71,72,73)/b20-18-,26-24-,60-58+. The lowest BCUT2D eigenvalue weighted by Crippen LogP contribution is -2.45. The SMILES string of the molecule is CCCCCCC/C=C\C/C=C\CCCCCCCCCCCCCCCCCCCC(=O)NC(COP(=O)([O-])OCC[N+](C)(C)C)C(O)/C=C/CCCCCCCCCCCCCCCCCCCCCCCCC. The van der Waals surface area contributed by atoms with Crippen molar-refractivity contribution in [2.24, 2.45) is 0 Å². The summed E-state index contributed by atoms with van der Waals surface area (Å²) in [5.41, 5.74) is 0. The lowest BCUT2D eigenvalue weighted by atomic mass is 10.0. The number of allylic oxidation sites excluding steroid dienone is 5. The van der Waals surface area contributed by atoms with Gasteiger partial charge in [0.2, 0.25) is 5.91 Å². The highest BCUT2D eigenvalue weighted by Gasteiger charge is 2.23. The van der Waals surface area contributed by atoms with Crippen molar-refractivity contribution in [3.05, 3.63) is 36.5 Å². The largest absolute Gasteiger partial charge is 0.756 e. The number of hydrogen-bond acceptors (Lipinski definition) is 6. The smallest absolute Gasteiger partial charge is 0.268 e. The molecule has 0 aromatic heterocycles. The number of unbranched alkanes of at least 4 members (excludes halogenated alkanes) is 45. The number of phosphoric acid groups is 1. The van der Waals surface area contributed by atoms with E-state index in [4.69, 9.17) is 9.05 Å². The molecule has 3 atom stereocenters. The van der Waals surface area contributed by atoms with Crippen LogP contribution in [0.3, 0.4) is 0 Å². The normalized spacial score (nSPS) is 13.9. The van der Waals surface area contributed by atoms with Crippen molar-refractivity contribution in [1.82, 2.24) is 5.32 Å². The third-order valence-corrected chi connectivity index (χ3v) is 16.3. The van der Waals surface area contributed by atoms with E-state index < -0.39 is 20.0 Å². The maximum absolute atomic E-state index is 13.0. The first-order valence-electron chi connectivity index (χ1n) is 33.4. The van der Waals surface area contributed by atoms with Crippen LogP contribution in [0, 0.1) is 0 Å². The topological polar surface area (TPSA) is 108 Å². The molecule has 9 heteroatoms. The lowest BCUT2D eigenvalue weighted by Gasteiger charge is -2.29. The molecule has 0 aromatic rings. The van der Waals surface area contributed by atoms with Crippen LogP contribution >= 0.6 is 7.82 Å². The van der Waals surface area contributed by atoms with E-state index in [1.807, 2.05) is 27.2 Å². The molecule has 450 valence electrons. The fourth-order valence-corrected chi connectivity index (χ4v) is 10.9. The molecule has 3 unspecified atom stereocenters. The Morgan fingerprint density at radius 1 is 0.461 bits per heavy atom. The van der Waals surface area contributed by atoms with Gasteiger partial charge >= 0.3 is 0 Å². The van der Waals surface area contributed by atoms with Crippen molar-refractivity contribution in [1.29, 1.82) is 0 Å². The van der Waals surface area contributed by atoms with Gasteiger partial charge in [0.05, 0.1) is 39.9 Å². The first-order valence-corrected chi connectivity index (χ1v) is 34.8. The summed E-state index contributed by atoms with van der Waals surface area (Å²) in [5.74, 6) is -0.191. The van der Waals surface area contributed by atoms with Gasteiger partial charge in [0, 0.05) is 6.42 Å². The van der Waals surface area contributed by atoms with E-state index in [0.717, 1.165) is 44.9 Å². The highest BCUT2D eigenvalue weighted by molar-refractivity contribution is 7.45. The summed E-state index contributed by atoms with van der Waals surface area (Å²) in [6, 6.07) is -0.887. The number of carbonyl (C=O) groups excluding carboxylic acids is 1. The number of rotatable bonds is 62. The number of aliphatic hydroxyl groups is 1. The van der Waals surface area contributed by atoms with E-state index in [1.165, 1.54) is 270 Å². The Bertz CT molecular complexity index is 1330. The van der Waals surface area contributed by atoms with Crippen LogP contribution in [0.5, 0.6) is 0 Å². The Hall–Kier alpha value is -1.28. The molecule has 1 amide bonds. The molecule has 0 fully saturated rings. The minimum Gasteiger partial charge on any atom is -0.756 e. The minimum absolute atomic E-state index is 0.000728. The predicted octanol–water partition coefficient (Wildman–Crippen LogP) is 20.3. The van der Waals surface area contributed by atoms with Crippen molar-refractivity contribution in [3.63, 3.8) is 0 Å². The number of amides is 1. The molecule has 0 rings (SSSR count). The van der Waals surface area contributed by atoms with E-state index in [0.29, 0.717) is 17.4 Å². The number of carbonyl (C=O) groups is 1. The van der Waals surface area contributed by atoms with Gasteiger partial charge in [-0.1, -0.05) is 314 Å². The van der Waals surface area contributed by atoms with E-state index >= 15 is 0 Å². The van der Waals surface area contributed by atoms with Gasteiger partial charge < -0.3 is 28.8 Å². The molecule has 0 bridgehead atoms. The zero-order valence-corrected chi connectivity index (χ0v) is 52.4. The molecule has 0 radical (unpaired) electrons. The van der Waals surface area contributed by atoms with Crippen molar-refractivity contribution in [2.75, 3.05) is 40.9 Å². The number of nitrogens with one attached hydrogen (secondary N) is 1. The Balaban J connectivity index is 4.08. The Morgan fingerprint density at radius 2 is 0.763 bits per heavy atom. The maximum Gasteiger partial charge on any atom is 0.268 e. The fourth-order valence-electron chi connectivity index (χ4n) is 10.1. The third-order valence-electron chi connectivity index (χ3n) is 15.3. The van der Waals surface area contributed by atoms with Gasteiger partial charge in [-0.15, -0.1) is 0 Å². The summed E-state index contributed by atoms with van der Waals surface area (Å²) in [7, 11) is 1.28. The Labute approximate surface area is 474 Å². The number of nitrogens with zero attached hydrogens (tertiary/aromatic N) is 1. The van der Waals surface area contributed by atoms with Crippen LogP contribution in [-0.4, -0.2) is 68.5 Å². The minimum atomic E-state index is -4.60. The zero-order valence-electron chi connectivity index (χ0n) is 51.5. The molecule has 2 N–H and O–H groups in total. The third kappa shape index (κ3) is 60.4. The van der Waals surface area contributed by atoms with Crippen LogP contribution in [-0.2, 0) is 18.4 Å². The lowest BCUT2D eigenvalue weighted by molar-refractivity contribution is -0.870. The van der Waals surface area contributed by atoms with Crippen molar-refractivity contribution in [3.8, 4) is 0 Å². The number of phosphoric ester groups is 1. The van der Waals surface area contributed by atoms with Crippen LogP contribution in [0.25, 0.3) is 0 Å². The molecule has 0 spiro atoms. The molecule has 76 heavy (non-hydrogen) atoms. The summed E-state index contributed by atoms with van der Waals surface area (Å²) in [4.78, 5) is 25.6. The monoisotopic (exact) mass is 1090 g/mol. The number of likely N-dealkylation sites (N-methyl/N-ethyl adjacent to an activating group) is 1. The number of hydrogen-bond donors (Lipinski definition) is 2. The first kappa shape index (κ1) is 74.7. The first-order chi connectivity index (χ1) is 37.0. The van der Waals surface area contributed by atoms with E-state index in [9.17, 15) is 19.4 Å². The van der Waals surface area contributed by atoms with Crippen LogP contribution in [0.2, 0.25) is 0 Å². The van der Waals surface area contributed by atoms with Gasteiger partial charge in [-0.05, 0) is 51.4 Å². The molecule has 0 saturated carbocycles. The van der Waals surface area contributed by atoms with Crippen LogP contribution in [0.15, 0.2) is 36.5 Å². The van der Waals surface area contributed by atoms with Gasteiger partial charge in [0.15, 0.2) is 0 Å². The molecule has 0 heterocycles. The van der Waals surface area contributed by atoms with Crippen LogP contribution in [0.4, 0.5) is 0 Å². The van der Waals surface area contributed by atoms with Gasteiger partial charge in [0.25, 0.3) is 7.82 Å². The highest BCUT2D eigenvalue weighted by atomic mass is 31.2. The van der Waals surface area contributed by atoms with Gasteiger partial charge in [-0.25, -0.2) is 0 Å². The summed E-state index contributed by atoms with van der Waals surface area (Å²) in [5, 5.41) is 14.0. The number of quaternary nitrogens is 1. The highest BCUT2D eigenvalue weighted by Crippen LogP contribution is 2.38. The Kier molecular flexibility index (Phi) is 57.4. The van der Waals surface area contributed by atoms with Crippen LogP contribution in [0.1, 0.15) is 335 Å². The second kappa shape index (κ2) is 58.4.